The summed E-state index contributed by atoms with van der Waals surface area (Å²) in [4.78, 5) is 82.1. The first-order valence-corrected chi connectivity index (χ1v) is 32.0. The molecule has 4 saturated carbocycles. The van der Waals surface area contributed by atoms with E-state index in [-0.39, 0.29) is 70.8 Å². The molecule has 81 heavy (non-hydrogen) atoms. The topological polar surface area (TPSA) is 163 Å². The van der Waals surface area contributed by atoms with Gasteiger partial charge < -0.3 is 29.6 Å². The Labute approximate surface area is 483 Å². The first-order valence-electron chi connectivity index (χ1n) is 32.0. The number of hydrogen-bond acceptors (Lipinski definition) is 12. The molecule has 0 saturated heterocycles. The second-order valence-electron chi connectivity index (χ2n) is 25.9. The minimum Gasteiger partial charge on any atom is -0.497 e. The summed E-state index contributed by atoms with van der Waals surface area (Å²) in [5.74, 6) is 0.773. The average molecular weight is 1120 g/mol. The number of methoxy groups -OCH3 is 2. The van der Waals surface area contributed by atoms with E-state index in [9.17, 15) is 28.8 Å². The highest BCUT2D eigenvalue weighted by Crippen LogP contribution is 2.74. The van der Waals surface area contributed by atoms with Crippen molar-refractivity contribution in [1.29, 1.82) is 0 Å². The number of nitrogens with one attached hydrogen (secondary N) is 2. The minimum atomic E-state index is -0.520. The van der Waals surface area contributed by atoms with Crippen molar-refractivity contribution in [1.82, 2.24) is 0 Å². The monoisotopic (exact) mass is 1110 g/mol. The van der Waals surface area contributed by atoms with Crippen LogP contribution in [0.1, 0.15) is 237 Å². The summed E-state index contributed by atoms with van der Waals surface area (Å²) in [6.45, 7) is 11.2. The van der Waals surface area contributed by atoms with Crippen LogP contribution in [0.3, 0.4) is 0 Å². The van der Waals surface area contributed by atoms with Crippen LogP contribution in [0.15, 0.2) is 67.7 Å². The highest BCUT2D eigenvalue weighted by Gasteiger charge is 2.67. The average Bonchev–Trinajstić information content (AvgIpc) is 3.38. The lowest BCUT2D eigenvalue weighted by molar-refractivity contribution is -0.166. The van der Waals surface area contributed by atoms with E-state index < -0.39 is 27.1 Å². The van der Waals surface area contributed by atoms with Gasteiger partial charge in [-0.1, -0.05) is 137 Å². The Bertz CT molecular complexity index is 2810. The maximum atomic E-state index is 14.4. The van der Waals surface area contributed by atoms with Crippen LogP contribution in [0, 0.1) is 46.3 Å². The van der Waals surface area contributed by atoms with Crippen molar-refractivity contribution in [3.63, 3.8) is 0 Å². The number of esters is 2. The van der Waals surface area contributed by atoms with Gasteiger partial charge in [0.1, 0.15) is 17.6 Å². The maximum Gasteiger partial charge on any atom is 0.305 e. The first-order chi connectivity index (χ1) is 39.1. The van der Waals surface area contributed by atoms with Crippen molar-refractivity contribution in [2.45, 2.75) is 232 Å². The SMILES string of the molecule is CCCCCCCCCCCCCCCCCCCCOC(=O)CCC[C@@H](C)[C@H]1CC[C@H]2[C@@H]3C(c4c(Nc5ccc(OC)cc5)c(=O)c4=O)C[C@H]4CC(OC(C)=O)CC[C@]4(C)[C@H]3CC(c3c(Nc4ccc(OC)cc4)c(=O)c3=O)[C@]12C. The smallest absolute Gasteiger partial charge is 0.305 e. The molecule has 0 aromatic heterocycles. The van der Waals surface area contributed by atoms with Gasteiger partial charge in [-0.25, -0.2) is 0 Å². The van der Waals surface area contributed by atoms with Crippen molar-refractivity contribution >= 4 is 34.7 Å². The molecule has 0 radical (unpaired) electrons. The molecule has 0 aliphatic heterocycles. The third-order valence-electron chi connectivity index (χ3n) is 21.0. The number of rotatable bonds is 33. The maximum absolute atomic E-state index is 14.4. The highest BCUT2D eigenvalue weighted by molar-refractivity contribution is 5.70. The molecule has 8 rings (SSSR count). The molecule has 444 valence electrons. The highest BCUT2D eigenvalue weighted by atomic mass is 16.5. The molecule has 4 fully saturated rings. The van der Waals surface area contributed by atoms with Gasteiger partial charge >= 0.3 is 11.9 Å². The quantitative estimate of drug-likeness (QED) is 0.0264. The minimum absolute atomic E-state index is 0.00615. The molecule has 4 aliphatic carbocycles. The Kier molecular flexibility index (Phi) is 22.0. The lowest BCUT2D eigenvalue weighted by Crippen LogP contribution is -2.60. The van der Waals surface area contributed by atoms with E-state index in [1.165, 1.54) is 110 Å². The van der Waals surface area contributed by atoms with Crippen molar-refractivity contribution in [3.05, 3.63) is 101 Å². The summed E-state index contributed by atoms with van der Waals surface area (Å²) >= 11 is 0. The Hall–Kier alpha value is -5.26. The van der Waals surface area contributed by atoms with Gasteiger partial charge in [0, 0.05) is 35.8 Å². The number of benzene rings is 2. The summed E-state index contributed by atoms with van der Waals surface area (Å²) < 4.78 is 22.6. The Morgan fingerprint density at radius 3 is 1.63 bits per heavy atom. The van der Waals surface area contributed by atoms with Gasteiger partial charge in [0.15, 0.2) is 0 Å². The van der Waals surface area contributed by atoms with Crippen molar-refractivity contribution in [2.75, 3.05) is 31.5 Å². The van der Waals surface area contributed by atoms with Gasteiger partial charge in [0.25, 0.3) is 0 Å². The molecule has 0 spiro atoms. The number of anilines is 4. The molecule has 0 bridgehead atoms. The molecule has 0 amide bonds. The van der Waals surface area contributed by atoms with Gasteiger partial charge in [-0.15, -0.1) is 0 Å². The first kappa shape index (κ1) is 61.8. The van der Waals surface area contributed by atoms with Crippen LogP contribution in [0.2, 0.25) is 0 Å². The zero-order chi connectivity index (χ0) is 57.7. The zero-order valence-electron chi connectivity index (χ0n) is 50.4. The lowest BCUT2D eigenvalue weighted by Gasteiger charge is -2.65. The van der Waals surface area contributed by atoms with E-state index in [4.69, 9.17) is 18.9 Å². The van der Waals surface area contributed by atoms with E-state index in [1.807, 2.05) is 48.5 Å². The second kappa shape index (κ2) is 28.8. The fourth-order valence-electron chi connectivity index (χ4n) is 16.7. The number of ether oxygens (including phenoxy) is 4. The zero-order valence-corrected chi connectivity index (χ0v) is 50.4. The lowest BCUT2D eigenvalue weighted by atomic mass is 9.39. The molecule has 2 N–H and O–H groups in total. The van der Waals surface area contributed by atoms with Gasteiger partial charge in [0.2, 0.25) is 21.7 Å². The van der Waals surface area contributed by atoms with Gasteiger partial charge in [-0.05, 0) is 171 Å². The van der Waals surface area contributed by atoms with Gasteiger partial charge in [-0.3, -0.25) is 28.8 Å². The molecule has 0 heterocycles. The Morgan fingerprint density at radius 1 is 0.605 bits per heavy atom. The van der Waals surface area contributed by atoms with Crippen LogP contribution in [0.4, 0.5) is 22.7 Å². The van der Waals surface area contributed by atoms with E-state index in [0.717, 1.165) is 38.5 Å². The molecule has 12 nitrogen and oxygen atoms in total. The molecule has 4 aromatic carbocycles. The van der Waals surface area contributed by atoms with E-state index in [2.05, 4.69) is 38.3 Å². The molecular weight excluding hydrogens is 1020 g/mol. The molecule has 12 heteroatoms. The second-order valence-corrected chi connectivity index (χ2v) is 25.9. The number of hydrogen-bond donors (Lipinski definition) is 2. The Balaban J connectivity index is 0.948. The fraction of sp³-hybridized carbons (Fsp3) is 0.681. The van der Waals surface area contributed by atoms with Gasteiger partial charge in [-0.2, -0.15) is 0 Å². The van der Waals surface area contributed by atoms with Crippen LogP contribution in [0.5, 0.6) is 11.5 Å². The largest absolute Gasteiger partial charge is 0.497 e. The van der Waals surface area contributed by atoms with Gasteiger partial charge in [0.05, 0.1) is 32.2 Å². The number of carbonyl (C=O) groups is 2. The molecular formula is C69H98N2O10. The van der Waals surface area contributed by atoms with Crippen LogP contribution < -0.4 is 41.8 Å². The molecule has 4 aromatic rings. The number of fused-ring (bicyclic) bond motifs is 5. The van der Waals surface area contributed by atoms with E-state index in [0.29, 0.717) is 90.5 Å². The van der Waals surface area contributed by atoms with Crippen molar-refractivity contribution < 1.29 is 28.5 Å². The predicted molar refractivity (Wildman–Crippen MR) is 325 cm³/mol. The van der Waals surface area contributed by atoms with E-state index >= 15 is 0 Å². The summed E-state index contributed by atoms with van der Waals surface area (Å²) in [5.41, 5.74) is 0.547. The van der Waals surface area contributed by atoms with Crippen LogP contribution in [-0.2, 0) is 19.1 Å². The van der Waals surface area contributed by atoms with Crippen molar-refractivity contribution in [2.24, 2.45) is 46.3 Å². The third kappa shape index (κ3) is 14.2. The summed E-state index contributed by atoms with van der Waals surface area (Å²) in [7, 11) is 3.21. The summed E-state index contributed by atoms with van der Waals surface area (Å²) in [5, 5.41) is 6.77. The normalized spacial score (nSPS) is 26.3. The van der Waals surface area contributed by atoms with Crippen LogP contribution in [0.25, 0.3) is 0 Å². The molecule has 11 atom stereocenters. The van der Waals surface area contributed by atoms with Crippen molar-refractivity contribution in [3.8, 4) is 11.5 Å². The predicted octanol–water partition coefficient (Wildman–Crippen LogP) is 15.5. The summed E-state index contributed by atoms with van der Waals surface area (Å²) in [6, 6.07) is 14.7. The Morgan fingerprint density at radius 2 is 1.11 bits per heavy atom. The standard InChI is InChI=1S/C69H98N2O10/c1-8-9-10-11-12-13-14-15-16-17-18-19-20-21-22-23-24-25-41-80-58(73)28-26-27-45(2)54-37-38-55-59-53(60-62(66(76)64(60)74)70-48-29-33-50(78-6)34-30-48)43-47-42-52(81-46(3)72)39-40-68(47,4)56(59)44-57(69(54,55)5)61-63(67(77)65(61)75)71-49-31-35-51(79-7)36-32-49/h29-36,45,47,52-57,59,70-71H,8-28,37-44H2,1-7H3/t45-,47-,52?,53?,54-,55+,56+,57?,59+,68+,69-/m1/s1. The summed E-state index contributed by atoms with van der Waals surface area (Å²) in [6.07, 6.45) is 30.4. The molecule has 4 aliphatic rings. The van der Waals surface area contributed by atoms with Crippen LogP contribution >= 0.6 is 0 Å². The van der Waals surface area contributed by atoms with E-state index in [1.54, 1.807) is 14.2 Å². The molecule has 3 unspecified atom stereocenters. The number of carbonyl (C=O) groups excluding carboxylic acids is 2. The fourth-order valence-corrected chi connectivity index (χ4v) is 16.7. The van der Waals surface area contributed by atoms with Crippen LogP contribution in [-0.4, -0.2) is 38.9 Å². The third-order valence-corrected chi connectivity index (χ3v) is 21.0. The number of unbranched alkanes of at least 4 members (excludes halogenated alkanes) is 17.